The first kappa shape index (κ1) is 49.6. The maximum atomic E-state index is 3.25. The fraction of sp³-hybridized carbons (Fsp3) is 0.333. The number of hydrogen-bond donors (Lipinski definition) is 0. The molecule has 4 heteroatoms. The number of rotatable bonds is 0. The first-order chi connectivity index (χ1) is 1.00. The first-order valence-electron chi connectivity index (χ1n) is 0.707. The SMILES string of the molecule is [CH2-]C.[CH3-].[NH2-].[U+2].[U].[U]. The topological polar surface area (TPSA) is 33.5 Å². The number of hydrogen-bond acceptors (Lipinski definition) is 0. The smallest absolute Gasteiger partial charge is 0.693 e. The third-order valence-electron chi connectivity index (χ3n) is 0. The van der Waals surface area contributed by atoms with Crippen molar-refractivity contribution in [2.75, 3.05) is 0 Å². The van der Waals surface area contributed by atoms with E-state index in [0.29, 0.717) is 0 Å². The molecule has 7 heavy (non-hydrogen) atoms. The van der Waals surface area contributed by atoms with Crippen LogP contribution in [-0.4, -0.2) is 0 Å². The van der Waals surface area contributed by atoms with Crippen molar-refractivity contribution >= 4 is 0 Å². The van der Waals surface area contributed by atoms with E-state index in [4.69, 9.17) is 0 Å². The molecule has 1 nitrogen and oxygen atoms in total. The first-order valence-corrected chi connectivity index (χ1v) is 0.707. The van der Waals surface area contributed by atoms with Gasteiger partial charge in [-0.1, -0.05) is 0 Å². The van der Waals surface area contributed by atoms with Gasteiger partial charge < -0.3 is 20.5 Å². The van der Waals surface area contributed by atoms with Gasteiger partial charge in [0, 0.05) is 62.2 Å². The molecule has 0 aliphatic heterocycles. The number of nitrogens with two attached hydrogens (primary N) is 1. The van der Waals surface area contributed by atoms with Crippen molar-refractivity contribution in [2.24, 2.45) is 0 Å². The molecular formula is C3H10NU3-. The van der Waals surface area contributed by atoms with Gasteiger partial charge in [0.25, 0.3) is 0 Å². The quantitative estimate of drug-likeness (QED) is 0.338. The van der Waals surface area contributed by atoms with E-state index in [9.17, 15) is 0 Å². The molecule has 0 saturated carbocycles. The van der Waals surface area contributed by atoms with Gasteiger partial charge in [0.15, 0.2) is 0 Å². The summed E-state index contributed by atoms with van der Waals surface area (Å²) in [5.74, 6) is 0. The van der Waals surface area contributed by atoms with E-state index >= 15 is 0 Å². The van der Waals surface area contributed by atoms with E-state index in [2.05, 4.69) is 6.92 Å². The second-order valence-electron chi connectivity index (χ2n) is 0. The molecule has 0 unspecified atom stereocenters. The Kier molecular flexibility index (Phi) is 438. The van der Waals surface area contributed by atoms with E-state index in [-0.39, 0.29) is 107 Å². The van der Waals surface area contributed by atoms with Crippen molar-refractivity contribution in [1.29, 1.82) is 0 Å². The summed E-state index contributed by atoms with van der Waals surface area (Å²) < 4.78 is 0. The van der Waals surface area contributed by atoms with Crippen molar-refractivity contribution < 1.29 is 93.3 Å². The molecule has 0 heterocycles. The zero-order chi connectivity index (χ0) is 2.00. The zero-order valence-corrected chi connectivity index (χ0v) is 17.3. The Morgan fingerprint density at radius 3 is 1.00 bits per heavy atom. The standard InChI is InChI=1S/C2H5.CH3.H2N.3U/c1-2;;;;;/h1H2,2H3;1H3;1H2;;;/q3*-1;;;+2. The van der Waals surface area contributed by atoms with Gasteiger partial charge in [-0.05, 0) is 0 Å². The molecule has 0 saturated heterocycles. The Labute approximate surface area is 118 Å². The van der Waals surface area contributed by atoms with Crippen molar-refractivity contribution in [1.82, 2.24) is 0 Å². The normalized spacial score (nSPS) is 0.857. The Morgan fingerprint density at radius 1 is 1.00 bits per heavy atom. The maximum Gasteiger partial charge on any atom is 2.00 e. The third kappa shape index (κ3) is 47.5. The van der Waals surface area contributed by atoms with E-state index in [1.165, 1.54) is 0 Å². The van der Waals surface area contributed by atoms with Gasteiger partial charge in [-0.2, -0.15) is 6.92 Å². The summed E-state index contributed by atoms with van der Waals surface area (Å²) in [7, 11) is 0. The van der Waals surface area contributed by atoms with Crippen LogP contribution in [0.5, 0.6) is 0 Å². The van der Waals surface area contributed by atoms with Crippen LogP contribution >= 0.6 is 0 Å². The van der Waals surface area contributed by atoms with Crippen molar-refractivity contribution in [3.05, 3.63) is 20.5 Å². The van der Waals surface area contributed by atoms with Crippen molar-refractivity contribution in [3.8, 4) is 0 Å². The molecule has 0 spiro atoms. The Bertz CT molecular complexity index is 10.1. The van der Waals surface area contributed by atoms with E-state index in [1.54, 1.807) is 6.92 Å². The monoisotopic (exact) mass is 774 g/mol. The molecule has 0 amide bonds. The molecule has 0 aromatic heterocycles. The molecule has 2 N–H and O–H groups in total. The van der Waals surface area contributed by atoms with Crippen LogP contribution in [0.2, 0.25) is 0 Å². The van der Waals surface area contributed by atoms with Gasteiger partial charge in [0.2, 0.25) is 0 Å². The van der Waals surface area contributed by atoms with Crippen LogP contribution in [0.25, 0.3) is 6.15 Å². The van der Waals surface area contributed by atoms with Crippen LogP contribution < -0.4 is 0 Å². The molecule has 0 aromatic rings. The van der Waals surface area contributed by atoms with Gasteiger partial charge in [0.05, 0.1) is 0 Å². The second kappa shape index (κ2) is 61.8. The van der Waals surface area contributed by atoms with Gasteiger partial charge in [-0.15, -0.1) is 0 Å². The summed E-state index contributed by atoms with van der Waals surface area (Å²) in [6, 6.07) is 0. The molecular weight excluding hydrogens is 764 g/mol. The summed E-state index contributed by atoms with van der Waals surface area (Å²) in [4.78, 5) is 0. The Balaban J connectivity index is -0.000000000500. The molecule has 0 radical (unpaired) electrons. The summed E-state index contributed by atoms with van der Waals surface area (Å²) >= 11 is 0. The van der Waals surface area contributed by atoms with Crippen LogP contribution in [0, 0.1) is 108 Å². The van der Waals surface area contributed by atoms with Crippen molar-refractivity contribution in [3.63, 3.8) is 0 Å². The largest absolute Gasteiger partial charge is 2.00 e. The van der Waals surface area contributed by atoms with Gasteiger partial charge in [0.1, 0.15) is 0 Å². The average Bonchev–Trinajstić information content (AvgIpc) is 1.00. The maximum absolute atomic E-state index is 3.25. The molecule has 0 aliphatic carbocycles. The van der Waals surface area contributed by atoms with Gasteiger partial charge >= 0.3 is 31.1 Å². The molecule has 0 atom stereocenters. The van der Waals surface area contributed by atoms with Gasteiger partial charge in [-0.3, -0.25) is 0 Å². The van der Waals surface area contributed by atoms with E-state index in [1.807, 2.05) is 0 Å². The summed E-state index contributed by atoms with van der Waals surface area (Å²) in [6.07, 6.45) is 0. The fourth-order valence-electron chi connectivity index (χ4n) is 0. The fourth-order valence-corrected chi connectivity index (χ4v) is 0. The molecule has 0 bridgehead atoms. The third-order valence-corrected chi connectivity index (χ3v) is 0. The van der Waals surface area contributed by atoms with Crippen LogP contribution in [-0.2, 0) is 0 Å². The van der Waals surface area contributed by atoms with Crippen molar-refractivity contribution in [2.45, 2.75) is 6.92 Å². The summed E-state index contributed by atoms with van der Waals surface area (Å²) in [5, 5.41) is 0. The van der Waals surface area contributed by atoms with Crippen LogP contribution in [0.15, 0.2) is 0 Å². The summed E-state index contributed by atoms with van der Waals surface area (Å²) in [6.45, 7) is 5.00. The predicted molar refractivity (Wildman–Crippen MR) is 22.7 cm³/mol. The molecule has 0 fully saturated rings. The Morgan fingerprint density at radius 2 is 1.00 bits per heavy atom. The molecule has 0 aliphatic rings. The van der Waals surface area contributed by atoms with E-state index in [0.717, 1.165) is 0 Å². The second-order valence-corrected chi connectivity index (χ2v) is 0. The summed E-state index contributed by atoms with van der Waals surface area (Å²) in [5.41, 5.74) is 0. The minimum atomic E-state index is 0. The molecule has 40 valence electrons. The van der Waals surface area contributed by atoms with Crippen LogP contribution in [0.3, 0.4) is 0 Å². The zero-order valence-electron chi connectivity index (χ0n) is 4.78. The minimum absolute atomic E-state index is 0. The van der Waals surface area contributed by atoms with E-state index < -0.39 is 0 Å². The van der Waals surface area contributed by atoms with Gasteiger partial charge in [-0.25, -0.2) is 0 Å². The predicted octanol–water partition coefficient (Wildman–Crippen LogP) is 2.01. The Hall–Kier alpha value is 3.12. The molecule has 0 rings (SSSR count). The van der Waals surface area contributed by atoms with Crippen LogP contribution in [0.4, 0.5) is 0 Å². The average molecular weight is 774 g/mol. The van der Waals surface area contributed by atoms with Crippen LogP contribution in [0.1, 0.15) is 6.92 Å². The molecule has 0 aromatic carbocycles. The minimum Gasteiger partial charge on any atom is -0.693 e.